The zero-order chi connectivity index (χ0) is 13.8. The first-order chi connectivity index (χ1) is 9.04. The third-order valence-electron chi connectivity index (χ3n) is 4.43. The standard InChI is InChI=1S/C17H16F2/c1-4-11-10(3)13-8-6-7-9-14(13)16-15(12(11)5-2)17(16,18)19/h4-10,15-16H,1-2H2,3H3/t10-,15?,16?/m0/s1. The highest BCUT2D eigenvalue weighted by atomic mass is 19.3. The SMILES string of the molecule is C=CC1=C(C=C)[C@H](C)c2ccccc2C2C1C2(F)F. The van der Waals surface area contributed by atoms with Crippen LogP contribution in [0.4, 0.5) is 8.78 Å². The molecule has 2 aliphatic rings. The number of hydrogen-bond donors (Lipinski definition) is 0. The third-order valence-corrected chi connectivity index (χ3v) is 4.43. The van der Waals surface area contributed by atoms with E-state index >= 15 is 0 Å². The largest absolute Gasteiger partial charge is 0.263 e. The molecule has 1 aromatic rings. The zero-order valence-corrected chi connectivity index (χ0v) is 10.9. The van der Waals surface area contributed by atoms with Crippen molar-refractivity contribution in [3.05, 3.63) is 71.8 Å². The van der Waals surface area contributed by atoms with E-state index in [2.05, 4.69) is 13.2 Å². The molecule has 1 aromatic carbocycles. The molecular formula is C17H16F2. The van der Waals surface area contributed by atoms with Crippen molar-refractivity contribution < 1.29 is 8.78 Å². The highest BCUT2D eigenvalue weighted by Crippen LogP contribution is 2.68. The maximum atomic E-state index is 14.1. The van der Waals surface area contributed by atoms with E-state index < -0.39 is 17.8 Å². The molecule has 0 saturated heterocycles. The number of rotatable bonds is 2. The van der Waals surface area contributed by atoms with E-state index in [9.17, 15) is 8.78 Å². The van der Waals surface area contributed by atoms with Gasteiger partial charge in [-0.15, -0.1) is 0 Å². The Morgan fingerprint density at radius 3 is 2.16 bits per heavy atom. The van der Waals surface area contributed by atoms with Crippen LogP contribution < -0.4 is 0 Å². The van der Waals surface area contributed by atoms with Crippen LogP contribution in [0.3, 0.4) is 0 Å². The fourth-order valence-corrected chi connectivity index (χ4v) is 3.43. The first-order valence-electron chi connectivity index (χ1n) is 6.49. The first-order valence-corrected chi connectivity index (χ1v) is 6.49. The molecule has 1 fully saturated rings. The Bertz CT molecular complexity index is 595. The maximum Gasteiger partial charge on any atom is 0.263 e. The summed E-state index contributed by atoms with van der Waals surface area (Å²) in [4.78, 5) is 0. The lowest BCUT2D eigenvalue weighted by Crippen LogP contribution is -2.06. The Kier molecular flexibility index (Phi) is 2.53. The van der Waals surface area contributed by atoms with E-state index in [1.807, 2.05) is 31.2 Å². The Morgan fingerprint density at radius 2 is 1.58 bits per heavy atom. The van der Waals surface area contributed by atoms with E-state index in [1.54, 1.807) is 12.2 Å². The number of benzene rings is 1. The average molecular weight is 258 g/mol. The summed E-state index contributed by atoms with van der Waals surface area (Å²) in [5.41, 5.74) is 3.31. The summed E-state index contributed by atoms with van der Waals surface area (Å²) in [5.74, 6) is -4.00. The number of halogens is 2. The molecular weight excluding hydrogens is 242 g/mol. The summed E-state index contributed by atoms with van der Waals surface area (Å²) in [5, 5.41) is 0. The van der Waals surface area contributed by atoms with Gasteiger partial charge in [0.1, 0.15) is 0 Å². The molecule has 0 radical (unpaired) electrons. The molecule has 2 aliphatic carbocycles. The van der Waals surface area contributed by atoms with Crippen LogP contribution in [0.15, 0.2) is 60.7 Å². The van der Waals surface area contributed by atoms with Gasteiger partial charge in [-0.25, -0.2) is 8.78 Å². The van der Waals surface area contributed by atoms with E-state index in [0.29, 0.717) is 5.57 Å². The minimum atomic E-state index is -2.66. The summed E-state index contributed by atoms with van der Waals surface area (Å²) in [7, 11) is 0. The van der Waals surface area contributed by atoms with Crippen LogP contribution in [0, 0.1) is 5.92 Å². The predicted molar refractivity (Wildman–Crippen MR) is 73.5 cm³/mol. The van der Waals surface area contributed by atoms with Gasteiger partial charge in [-0.3, -0.25) is 0 Å². The quantitative estimate of drug-likeness (QED) is 0.713. The van der Waals surface area contributed by atoms with Crippen molar-refractivity contribution in [2.75, 3.05) is 0 Å². The molecule has 3 rings (SSSR count). The van der Waals surface area contributed by atoms with Crippen molar-refractivity contribution in [1.82, 2.24) is 0 Å². The van der Waals surface area contributed by atoms with Crippen molar-refractivity contribution in [3.8, 4) is 0 Å². The van der Waals surface area contributed by atoms with Gasteiger partial charge >= 0.3 is 0 Å². The highest BCUT2D eigenvalue weighted by molar-refractivity contribution is 5.56. The van der Waals surface area contributed by atoms with Gasteiger partial charge < -0.3 is 0 Å². The Balaban J connectivity index is 2.28. The first kappa shape index (κ1) is 12.3. The molecule has 0 aliphatic heterocycles. The average Bonchev–Trinajstić information content (AvgIpc) is 2.99. The molecule has 0 aromatic heterocycles. The highest BCUT2D eigenvalue weighted by Gasteiger charge is 2.70. The fraction of sp³-hybridized carbons (Fsp3) is 0.294. The Morgan fingerprint density at radius 1 is 1.00 bits per heavy atom. The van der Waals surface area contributed by atoms with Crippen molar-refractivity contribution in [1.29, 1.82) is 0 Å². The van der Waals surface area contributed by atoms with Gasteiger partial charge in [-0.2, -0.15) is 0 Å². The van der Waals surface area contributed by atoms with E-state index in [4.69, 9.17) is 0 Å². The summed E-state index contributed by atoms with van der Waals surface area (Å²) in [6.07, 6.45) is 3.28. The monoisotopic (exact) mass is 258 g/mol. The van der Waals surface area contributed by atoms with Crippen molar-refractivity contribution >= 4 is 0 Å². The maximum absolute atomic E-state index is 14.1. The van der Waals surface area contributed by atoms with Crippen LogP contribution in [0.2, 0.25) is 0 Å². The van der Waals surface area contributed by atoms with Crippen LogP contribution >= 0.6 is 0 Å². The number of hydrogen-bond acceptors (Lipinski definition) is 0. The minimum Gasteiger partial charge on any atom is -0.205 e. The minimum absolute atomic E-state index is 0.0882. The molecule has 98 valence electrons. The lowest BCUT2D eigenvalue weighted by Gasteiger charge is -2.18. The van der Waals surface area contributed by atoms with Crippen molar-refractivity contribution in [2.24, 2.45) is 5.92 Å². The second kappa shape index (κ2) is 3.89. The number of alkyl halides is 2. The topological polar surface area (TPSA) is 0 Å². The molecule has 0 N–H and O–H groups in total. The van der Waals surface area contributed by atoms with E-state index in [-0.39, 0.29) is 5.92 Å². The van der Waals surface area contributed by atoms with Crippen LogP contribution in [0.25, 0.3) is 0 Å². The smallest absolute Gasteiger partial charge is 0.205 e. The fourth-order valence-electron chi connectivity index (χ4n) is 3.43. The van der Waals surface area contributed by atoms with Crippen LogP contribution in [0.1, 0.15) is 29.9 Å². The summed E-state index contributed by atoms with van der Waals surface area (Å²) in [6.45, 7) is 9.57. The van der Waals surface area contributed by atoms with E-state index in [0.717, 1.165) is 16.7 Å². The molecule has 0 bridgehead atoms. The van der Waals surface area contributed by atoms with Gasteiger partial charge in [0.15, 0.2) is 0 Å². The lowest BCUT2D eigenvalue weighted by molar-refractivity contribution is 0.0989. The van der Waals surface area contributed by atoms with Crippen LogP contribution in [-0.2, 0) is 0 Å². The molecule has 19 heavy (non-hydrogen) atoms. The number of allylic oxidation sites excluding steroid dienone is 4. The van der Waals surface area contributed by atoms with Gasteiger partial charge in [-0.1, -0.05) is 56.5 Å². The molecule has 2 unspecified atom stereocenters. The van der Waals surface area contributed by atoms with Crippen LogP contribution in [0.5, 0.6) is 0 Å². The zero-order valence-electron chi connectivity index (χ0n) is 10.9. The molecule has 0 heterocycles. The summed E-state index contributed by atoms with van der Waals surface area (Å²) in [6, 6.07) is 7.52. The molecule has 3 atom stereocenters. The molecule has 1 saturated carbocycles. The summed E-state index contributed by atoms with van der Waals surface area (Å²) >= 11 is 0. The summed E-state index contributed by atoms with van der Waals surface area (Å²) < 4.78 is 28.2. The predicted octanol–water partition coefficient (Wildman–Crippen LogP) is 4.82. The van der Waals surface area contributed by atoms with Crippen molar-refractivity contribution in [3.63, 3.8) is 0 Å². The molecule has 2 heteroatoms. The van der Waals surface area contributed by atoms with Crippen LogP contribution in [-0.4, -0.2) is 5.92 Å². The van der Waals surface area contributed by atoms with Gasteiger partial charge in [0.05, 0.1) is 11.8 Å². The van der Waals surface area contributed by atoms with Crippen molar-refractivity contribution in [2.45, 2.75) is 24.7 Å². The lowest BCUT2D eigenvalue weighted by atomic mass is 9.87. The van der Waals surface area contributed by atoms with Gasteiger partial charge in [-0.05, 0) is 22.3 Å². The second-order valence-corrected chi connectivity index (χ2v) is 5.30. The van der Waals surface area contributed by atoms with Gasteiger partial charge in [0.2, 0.25) is 0 Å². The number of fused-ring (bicyclic) bond motifs is 3. The normalized spacial score (nSPS) is 31.0. The molecule has 0 spiro atoms. The van der Waals surface area contributed by atoms with E-state index in [1.165, 1.54) is 0 Å². The van der Waals surface area contributed by atoms with Gasteiger partial charge in [0, 0.05) is 5.92 Å². The Labute approximate surface area is 112 Å². The third kappa shape index (κ3) is 1.49. The molecule has 0 nitrogen and oxygen atoms in total. The van der Waals surface area contributed by atoms with Gasteiger partial charge in [0.25, 0.3) is 5.92 Å². The Hall–Kier alpha value is -1.70. The molecule has 0 amide bonds. The second-order valence-electron chi connectivity index (χ2n) is 5.30.